The van der Waals surface area contributed by atoms with Crippen molar-refractivity contribution in [3.05, 3.63) is 69.4 Å². The van der Waals surface area contributed by atoms with Crippen LogP contribution in [0, 0.1) is 5.82 Å². The van der Waals surface area contributed by atoms with Gasteiger partial charge in [0.2, 0.25) is 0 Å². The van der Waals surface area contributed by atoms with Crippen LogP contribution in [0.2, 0.25) is 0 Å². The van der Waals surface area contributed by atoms with E-state index in [0.717, 1.165) is 22.2 Å². The largest absolute Gasteiger partial charge is 0.416 e. The van der Waals surface area contributed by atoms with E-state index < -0.39 is 22.9 Å². The van der Waals surface area contributed by atoms with Gasteiger partial charge >= 0.3 is 6.18 Å². The number of benzene rings is 2. The molecule has 2 aromatic rings. The average molecular weight is 382 g/mol. The maximum Gasteiger partial charge on any atom is 0.416 e. The highest BCUT2D eigenvalue weighted by atomic mass is 79.9. The van der Waals surface area contributed by atoms with Crippen molar-refractivity contribution in [3.8, 4) is 0 Å². The van der Waals surface area contributed by atoms with Gasteiger partial charge in [-0.1, -0.05) is 28.1 Å². The first-order valence-electron chi connectivity index (χ1n) is 6.02. The van der Waals surface area contributed by atoms with Crippen LogP contribution in [-0.2, 0) is 12.6 Å². The highest BCUT2D eigenvalue weighted by molar-refractivity contribution is 9.10. The molecule has 1 atom stereocenters. The van der Waals surface area contributed by atoms with Crippen molar-refractivity contribution in [2.45, 2.75) is 18.0 Å². The summed E-state index contributed by atoms with van der Waals surface area (Å²) >= 11 is 9.37. The van der Waals surface area contributed by atoms with Crippen LogP contribution in [0.1, 0.15) is 22.1 Å². The predicted octanol–water partition coefficient (Wildman–Crippen LogP) is 6.13. The first-order chi connectivity index (χ1) is 9.77. The Hall–Kier alpha value is -1.07. The Morgan fingerprint density at radius 2 is 1.67 bits per heavy atom. The zero-order valence-corrected chi connectivity index (χ0v) is 12.9. The molecule has 0 fully saturated rings. The van der Waals surface area contributed by atoms with E-state index >= 15 is 0 Å². The fourth-order valence-electron chi connectivity index (χ4n) is 1.90. The minimum absolute atomic E-state index is 0.144. The zero-order valence-electron chi connectivity index (χ0n) is 10.6. The number of hydrogen-bond acceptors (Lipinski definition) is 0. The molecule has 0 saturated carbocycles. The molecule has 2 aromatic carbocycles. The number of halogens is 6. The van der Waals surface area contributed by atoms with Gasteiger partial charge in [0.1, 0.15) is 5.82 Å². The van der Waals surface area contributed by atoms with Gasteiger partial charge < -0.3 is 0 Å². The Morgan fingerprint density at radius 3 is 2.24 bits per heavy atom. The summed E-state index contributed by atoms with van der Waals surface area (Å²) in [6.45, 7) is 0. The first-order valence-corrected chi connectivity index (χ1v) is 7.25. The quantitative estimate of drug-likeness (QED) is 0.443. The van der Waals surface area contributed by atoms with E-state index in [0.29, 0.717) is 6.07 Å². The summed E-state index contributed by atoms with van der Waals surface area (Å²) in [6, 6.07) is 9.43. The normalized spacial score (nSPS) is 13.2. The topological polar surface area (TPSA) is 0 Å². The van der Waals surface area contributed by atoms with Crippen molar-refractivity contribution in [1.82, 2.24) is 0 Å². The number of rotatable bonds is 3. The summed E-state index contributed by atoms with van der Waals surface area (Å²) in [4.78, 5) is 0. The van der Waals surface area contributed by atoms with Crippen molar-refractivity contribution < 1.29 is 17.6 Å². The van der Waals surface area contributed by atoms with Crippen LogP contribution in [-0.4, -0.2) is 0 Å². The Kier molecular flexibility index (Phi) is 4.94. The van der Waals surface area contributed by atoms with Crippen LogP contribution >= 0.6 is 27.5 Å². The summed E-state index contributed by atoms with van der Waals surface area (Å²) in [6.07, 6.45) is -4.27. The molecule has 0 aliphatic carbocycles. The third-order valence-corrected chi connectivity index (χ3v) is 3.91. The molecular formula is C15H10BrClF4. The van der Waals surface area contributed by atoms with Gasteiger partial charge in [-0.25, -0.2) is 4.39 Å². The molecular weight excluding hydrogens is 372 g/mol. The van der Waals surface area contributed by atoms with Gasteiger partial charge in [-0.15, -0.1) is 11.6 Å². The monoisotopic (exact) mass is 380 g/mol. The predicted molar refractivity (Wildman–Crippen MR) is 77.8 cm³/mol. The second kappa shape index (κ2) is 6.36. The Morgan fingerprint density at radius 1 is 1.05 bits per heavy atom. The summed E-state index contributed by atoms with van der Waals surface area (Å²) in [5, 5.41) is -0.867. The van der Waals surface area contributed by atoms with Crippen LogP contribution < -0.4 is 0 Å². The van der Waals surface area contributed by atoms with Crippen LogP contribution in [0.5, 0.6) is 0 Å². The highest BCUT2D eigenvalue weighted by Crippen LogP contribution is 2.34. The minimum Gasteiger partial charge on any atom is -0.207 e. The van der Waals surface area contributed by atoms with Gasteiger partial charge in [-0.05, 0) is 42.3 Å². The Balaban J connectivity index is 2.26. The number of alkyl halides is 4. The van der Waals surface area contributed by atoms with Gasteiger partial charge in [-0.2, -0.15) is 13.2 Å². The number of hydrogen-bond donors (Lipinski definition) is 0. The summed E-state index contributed by atoms with van der Waals surface area (Å²) in [7, 11) is 0. The second-order valence-corrected chi connectivity index (χ2v) is 5.97. The van der Waals surface area contributed by atoms with Crippen LogP contribution in [0.4, 0.5) is 17.6 Å². The lowest BCUT2D eigenvalue weighted by Crippen LogP contribution is -2.08. The van der Waals surface area contributed by atoms with Crippen molar-refractivity contribution in [1.29, 1.82) is 0 Å². The van der Waals surface area contributed by atoms with Crippen LogP contribution in [0.15, 0.2) is 46.9 Å². The molecule has 0 bridgehead atoms. The average Bonchev–Trinajstić information content (AvgIpc) is 2.40. The molecule has 0 aliphatic heterocycles. The molecule has 0 N–H and O–H groups in total. The van der Waals surface area contributed by atoms with Crippen molar-refractivity contribution in [2.75, 3.05) is 0 Å². The van der Waals surface area contributed by atoms with E-state index in [4.69, 9.17) is 11.6 Å². The van der Waals surface area contributed by atoms with Crippen LogP contribution in [0.3, 0.4) is 0 Å². The molecule has 112 valence electrons. The van der Waals surface area contributed by atoms with E-state index in [-0.39, 0.29) is 12.0 Å². The molecule has 6 heteroatoms. The standard InChI is InChI=1S/C15H10BrClF4/c16-11-4-1-9(2-5-11)7-13(17)12-8-10(15(19,20)21)3-6-14(12)18/h1-6,8,13H,7H2. The smallest absolute Gasteiger partial charge is 0.207 e. The molecule has 0 radical (unpaired) electrons. The molecule has 0 spiro atoms. The molecule has 0 aromatic heterocycles. The van der Waals surface area contributed by atoms with E-state index in [1.165, 1.54) is 0 Å². The van der Waals surface area contributed by atoms with E-state index in [2.05, 4.69) is 15.9 Å². The maximum absolute atomic E-state index is 13.7. The fourth-order valence-corrected chi connectivity index (χ4v) is 2.51. The zero-order chi connectivity index (χ0) is 15.6. The third kappa shape index (κ3) is 4.20. The molecule has 0 saturated heterocycles. The molecule has 21 heavy (non-hydrogen) atoms. The fraction of sp³-hybridized carbons (Fsp3) is 0.200. The maximum atomic E-state index is 13.7. The summed E-state index contributed by atoms with van der Waals surface area (Å²) in [5.74, 6) is -0.736. The second-order valence-electron chi connectivity index (χ2n) is 4.53. The Labute approximate surface area is 132 Å². The lowest BCUT2D eigenvalue weighted by Gasteiger charge is -2.14. The van der Waals surface area contributed by atoms with Crippen molar-refractivity contribution in [3.63, 3.8) is 0 Å². The highest BCUT2D eigenvalue weighted by Gasteiger charge is 2.31. The molecule has 0 amide bonds. The van der Waals surface area contributed by atoms with E-state index in [1.807, 2.05) is 0 Å². The van der Waals surface area contributed by atoms with Gasteiger partial charge in [0.05, 0.1) is 10.9 Å². The van der Waals surface area contributed by atoms with E-state index in [9.17, 15) is 17.6 Å². The van der Waals surface area contributed by atoms with E-state index in [1.54, 1.807) is 24.3 Å². The molecule has 1 unspecified atom stereocenters. The molecule has 2 rings (SSSR count). The van der Waals surface area contributed by atoms with Gasteiger partial charge in [0.15, 0.2) is 0 Å². The van der Waals surface area contributed by atoms with Gasteiger partial charge in [-0.3, -0.25) is 0 Å². The third-order valence-electron chi connectivity index (χ3n) is 2.99. The Bertz CT molecular complexity index is 623. The van der Waals surface area contributed by atoms with Gasteiger partial charge in [0, 0.05) is 10.0 Å². The summed E-state index contributed by atoms with van der Waals surface area (Å²) < 4.78 is 52.6. The van der Waals surface area contributed by atoms with Crippen LogP contribution in [0.25, 0.3) is 0 Å². The lowest BCUT2D eigenvalue weighted by atomic mass is 10.0. The van der Waals surface area contributed by atoms with Gasteiger partial charge in [0.25, 0.3) is 0 Å². The SMILES string of the molecule is Fc1ccc(C(F)(F)F)cc1C(Cl)Cc1ccc(Br)cc1. The molecule has 0 aliphatic rings. The molecule has 0 nitrogen and oxygen atoms in total. The molecule has 0 heterocycles. The minimum atomic E-state index is -4.52. The van der Waals surface area contributed by atoms with Crippen molar-refractivity contribution in [2.24, 2.45) is 0 Å². The van der Waals surface area contributed by atoms with Crippen molar-refractivity contribution >= 4 is 27.5 Å². The lowest BCUT2D eigenvalue weighted by molar-refractivity contribution is -0.137. The summed E-state index contributed by atoms with van der Waals surface area (Å²) in [5.41, 5.74) is -0.232. The first kappa shape index (κ1) is 16.3.